The van der Waals surface area contributed by atoms with E-state index in [9.17, 15) is 13.2 Å². The molecule has 0 aromatic carbocycles. The number of hydrogen-bond acceptors (Lipinski definition) is 3. The third-order valence-corrected chi connectivity index (χ3v) is 5.22. The number of aromatic nitrogens is 2. The van der Waals surface area contributed by atoms with E-state index in [1.807, 2.05) is 19.3 Å². The number of guanidine groups is 1. The Morgan fingerprint density at radius 2 is 1.93 bits per heavy atom. The van der Waals surface area contributed by atoms with Crippen molar-refractivity contribution >= 4 is 5.96 Å². The fourth-order valence-electron chi connectivity index (χ4n) is 3.56. The average Bonchev–Trinajstić information content (AvgIpc) is 3.05. The number of nitrogens with one attached hydrogen (secondary N) is 2. The Morgan fingerprint density at radius 1 is 1.21 bits per heavy atom. The molecule has 0 amide bonds. The van der Waals surface area contributed by atoms with E-state index in [2.05, 4.69) is 25.2 Å². The van der Waals surface area contributed by atoms with Gasteiger partial charge in [0.15, 0.2) is 5.96 Å². The molecule has 28 heavy (non-hydrogen) atoms. The van der Waals surface area contributed by atoms with Gasteiger partial charge in [0, 0.05) is 39.1 Å². The standard InChI is InChI=1S/C19H33F3N6/c1-16-24-10-14-28(16)11-4-3-8-25-18(23-2)26-9-5-17-6-12-27(13-7-17)15-19(20,21)22/h10,14,17H,3-9,11-13,15H2,1-2H3,(H2,23,25,26). The number of halogens is 3. The summed E-state index contributed by atoms with van der Waals surface area (Å²) in [5, 5.41) is 6.63. The first-order valence-electron chi connectivity index (χ1n) is 10.1. The van der Waals surface area contributed by atoms with E-state index in [1.165, 1.54) is 4.90 Å². The Morgan fingerprint density at radius 3 is 2.54 bits per heavy atom. The summed E-state index contributed by atoms with van der Waals surface area (Å²) in [6, 6.07) is 0. The summed E-state index contributed by atoms with van der Waals surface area (Å²) in [5.41, 5.74) is 0. The predicted octanol–water partition coefficient (Wildman–Crippen LogP) is 2.80. The SMILES string of the molecule is CN=C(NCCCCn1ccnc1C)NCCC1CCN(CC(F)(F)F)CC1. The van der Waals surface area contributed by atoms with Gasteiger partial charge in [-0.1, -0.05) is 0 Å². The van der Waals surface area contributed by atoms with Gasteiger partial charge in [0.2, 0.25) is 0 Å². The second kappa shape index (κ2) is 11.3. The van der Waals surface area contributed by atoms with Crippen LogP contribution >= 0.6 is 0 Å². The summed E-state index contributed by atoms with van der Waals surface area (Å²) in [7, 11) is 1.75. The highest BCUT2D eigenvalue weighted by Crippen LogP contribution is 2.23. The number of alkyl halides is 3. The van der Waals surface area contributed by atoms with Gasteiger partial charge in [0.1, 0.15) is 5.82 Å². The topological polar surface area (TPSA) is 57.5 Å². The maximum Gasteiger partial charge on any atom is 0.401 e. The lowest BCUT2D eigenvalue weighted by molar-refractivity contribution is -0.148. The molecule has 2 rings (SSSR count). The molecule has 1 fully saturated rings. The van der Waals surface area contributed by atoms with Crippen LogP contribution in [0.3, 0.4) is 0 Å². The van der Waals surface area contributed by atoms with Crippen molar-refractivity contribution in [3.63, 3.8) is 0 Å². The molecule has 9 heteroatoms. The van der Waals surface area contributed by atoms with Gasteiger partial charge in [-0.05, 0) is 58.0 Å². The van der Waals surface area contributed by atoms with Crippen molar-refractivity contribution in [2.45, 2.75) is 51.7 Å². The molecule has 2 heterocycles. The van der Waals surface area contributed by atoms with E-state index in [0.717, 1.165) is 63.5 Å². The number of nitrogens with zero attached hydrogens (tertiary/aromatic N) is 4. The number of imidazole rings is 1. The summed E-state index contributed by atoms with van der Waals surface area (Å²) in [6.07, 6.45) is 4.45. The van der Waals surface area contributed by atoms with Crippen LogP contribution in [0.4, 0.5) is 13.2 Å². The maximum atomic E-state index is 12.4. The Kier molecular flexibility index (Phi) is 9.08. The van der Waals surface area contributed by atoms with E-state index >= 15 is 0 Å². The monoisotopic (exact) mass is 402 g/mol. The van der Waals surface area contributed by atoms with Crippen LogP contribution in [0, 0.1) is 12.8 Å². The second-order valence-electron chi connectivity index (χ2n) is 7.42. The van der Waals surface area contributed by atoms with E-state index in [0.29, 0.717) is 19.0 Å². The van der Waals surface area contributed by atoms with Crippen LogP contribution in [-0.4, -0.2) is 66.4 Å². The van der Waals surface area contributed by atoms with Crippen molar-refractivity contribution in [3.8, 4) is 0 Å². The zero-order valence-electron chi connectivity index (χ0n) is 16.9. The number of rotatable bonds is 9. The quantitative estimate of drug-likeness (QED) is 0.379. The Labute approximate surface area is 165 Å². The lowest BCUT2D eigenvalue weighted by Gasteiger charge is -2.32. The first kappa shape index (κ1) is 22.5. The minimum absolute atomic E-state index is 0.480. The zero-order valence-corrected chi connectivity index (χ0v) is 16.9. The number of hydrogen-bond donors (Lipinski definition) is 2. The molecule has 0 atom stereocenters. The number of aryl methyl sites for hydroxylation is 2. The second-order valence-corrected chi connectivity index (χ2v) is 7.42. The smallest absolute Gasteiger partial charge is 0.356 e. The summed E-state index contributed by atoms with van der Waals surface area (Å²) in [6.45, 7) is 4.90. The fraction of sp³-hybridized carbons (Fsp3) is 0.789. The molecule has 0 saturated carbocycles. The van der Waals surface area contributed by atoms with Crippen molar-refractivity contribution in [1.29, 1.82) is 0 Å². The van der Waals surface area contributed by atoms with Crippen molar-refractivity contribution < 1.29 is 13.2 Å². The molecule has 0 radical (unpaired) electrons. The average molecular weight is 403 g/mol. The molecule has 1 saturated heterocycles. The number of unbranched alkanes of at least 4 members (excludes halogenated alkanes) is 1. The molecule has 0 aliphatic carbocycles. The Bertz CT molecular complexity index is 591. The molecule has 160 valence electrons. The third-order valence-electron chi connectivity index (χ3n) is 5.22. The molecule has 1 aromatic rings. The minimum Gasteiger partial charge on any atom is -0.356 e. The lowest BCUT2D eigenvalue weighted by Crippen LogP contribution is -2.41. The maximum absolute atomic E-state index is 12.4. The van der Waals surface area contributed by atoms with Gasteiger partial charge in [-0.3, -0.25) is 9.89 Å². The number of likely N-dealkylation sites (tertiary alicyclic amines) is 1. The molecule has 6 nitrogen and oxygen atoms in total. The van der Waals surface area contributed by atoms with Crippen molar-refractivity contribution in [1.82, 2.24) is 25.1 Å². The van der Waals surface area contributed by atoms with Crippen LogP contribution in [0.15, 0.2) is 17.4 Å². The van der Waals surface area contributed by atoms with Crippen LogP contribution in [-0.2, 0) is 6.54 Å². The van der Waals surface area contributed by atoms with Crippen LogP contribution in [0.1, 0.15) is 37.9 Å². The molecule has 0 bridgehead atoms. The highest BCUT2D eigenvalue weighted by molar-refractivity contribution is 5.79. The molecule has 0 spiro atoms. The highest BCUT2D eigenvalue weighted by atomic mass is 19.4. The molecular weight excluding hydrogens is 369 g/mol. The minimum atomic E-state index is -4.09. The van der Waals surface area contributed by atoms with Crippen LogP contribution in [0.25, 0.3) is 0 Å². The number of aliphatic imine (C=N–C) groups is 1. The van der Waals surface area contributed by atoms with Gasteiger partial charge in [-0.15, -0.1) is 0 Å². The zero-order chi connectivity index (χ0) is 20.4. The molecule has 1 aromatic heterocycles. The van der Waals surface area contributed by atoms with E-state index < -0.39 is 12.7 Å². The molecular formula is C19H33F3N6. The Hall–Kier alpha value is -1.77. The summed E-state index contributed by atoms with van der Waals surface area (Å²) < 4.78 is 39.4. The number of piperidine rings is 1. The summed E-state index contributed by atoms with van der Waals surface area (Å²) >= 11 is 0. The van der Waals surface area contributed by atoms with Crippen molar-refractivity contribution in [2.75, 3.05) is 39.8 Å². The predicted molar refractivity (Wildman–Crippen MR) is 105 cm³/mol. The molecule has 2 N–H and O–H groups in total. The van der Waals surface area contributed by atoms with E-state index in [-0.39, 0.29) is 0 Å². The lowest BCUT2D eigenvalue weighted by atomic mass is 9.93. The van der Waals surface area contributed by atoms with Gasteiger partial charge in [-0.25, -0.2) is 4.98 Å². The van der Waals surface area contributed by atoms with Gasteiger partial charge in [0.05, 0.1) is 6.54 Å². The van der Waals surface area contributed by atoms with Gasteiger partial charge < -0.3 is 15.2 Å². The summed E-state index contributed by atoms with van der Waals surface area (Å²) in [4.78, 5) is 9.95. The summed E-state index contributed by atoms with van der Waals surface area (Å²) in [5.74, 6) is 2.30. The largest absolute Gasteiger partial charge is 0.401 e. The highest BCUT2D eigenvalue weighted by Gasteiger charge is 2.32. The molecule has 0 unspecified atom stereocenters. The molecule has 1 aliphatic heterocycles. The first-order chi connectivity index (χ1) is 13.4. The van der Waals surface area contributed by atoms with Gasteiger partial charge in [-0.2, -0.15) is 13.2 Å². The van der Waals surface area contributed by atoms with E-state index in [1.54, 1.807) is 7.05 Å². The van der Waals surface area contributed by atoms with Gasteiger partial charge in [0.25, 0.3) is 0 Å². The Balaban J connectivity index is 1.52. The van der Waals surface area contributed by atoms with Crippen molar-refractivity contribution in [2.24, 2.45) is 10.9 Å². The normalized spacial score (nSPS) is 17.1. The van der Waals surface area contributed by atoms with E-state index in [4.69, 9.17) is 0 Å². The van der Waals surface area contributed by atoms with Crippen LogP contribution < -0.4 is 10.6 Å². The fourth-order valence-corrected chi connectivity index (χ4v) is 3.56. The van der Waals surface area contributed by atoms with Gasteiger partial charge >= 0.3 is 6.18 Å². The first-order valence-corrected chi connectivity index (χ1v) is 10.1. The third kappa shape index (κ3) is 8.50. The van der Waals surface area contributed by atoms with Crippen molar-refractivity contribution in [3.05, 3.63) is 18.2 Å². The van der Waals surface area contributed by atoms with Crippen LogP contribution in [0.2, 0.25) is 0 Å². The van der Waals surface area contributed by atoms with Crippen LogP contribution in [0.5, 0.6) is 0 Å². The molecule has 1 aliphatic rings.